The van der Waals surface area contributed by atoms with Crippen molar-refractivity contribution in [2.24, 2.45) is 15.9 Å². The first-order valence-corrected chi connectivity index (χ1v) is 9.79. The standard InChI is InChI=1S/C22H19F2N3OS/c23-20-11-10-19(12-21(20)24)28-14-17-8-6-16(7-9-17)13-26-27-22(25)29-15-18-4-2-1-3-5-18/h1-13H,14-15H2,(H2,25,27). The Labute approximate surface area is 172 Å². The van der Waals surface area contributed by atoms with Crippen LogP contribution in [-0.2, 0) is 12.4 Å². The zero-order chi connectivity index (χ0) is 20.5. The molecule has 4 nitrogen and oxygen atoms in total. The first-order valence-electron chi connectivity index (χ1n) is 8.80. The van der Waals surface area contributed by atoms with E-state index in [-0.39, 0.29) is 12.4 Å². The topological polar surface area (TPSA) is 60.0 Å². The summed E-state index contributed by atoms with van der Waals surface area (Å²) in [5, 5.41) is 8.38. The van der Waals surface area contributed by atoms with E-state index >= 15 is 0 Å². The van der Waals surface area contributed by atoms with Crippen LogP contribution in [0.2, 0.25) is 0 Å². The van der Waals surface area contributed by atoms with Gasteiger partial charge >= 0.3 is 0 Å². The van der Waals surface area contributed by atoms with Crippen LogP contribution in [0.15, 0.2) is 83.0 Å². The third kappa shape index (κ3) is 6.73. The van der Waals surface area contributed by atoms with Crippen molar-refractivity contribution in [3.05, 3.63) is 101 Å². The summed E-state index contributed by atoms with van der Waals surface area (Å²) in [6.07, 6.45) is 1.61. The Hall–Kier alpha value is -3.19. The highest BCUT2D eigenvalue weighted by Crippen LogP contribution is 2.17. The molecule has 0 saturated carbocycles. The van der Waals surface area contributed by atoms with Crippen LogP contribution < -0.4 is 10.5 Å². The zero-order valence-electron chi connectivity index (χ0n) is 15.5. The lowest BCUT2D eigenvalue weighted by Gasteiger charge is -2.06. The molecule has 0 aromatic heterocycles. The number of nitrogens with zero attached hydrogens (tertiary/aromatic N) is 2. The fourth-order valence-corrected chi connectivity index (χ4v) is 2.96. The van der Waals surface area contributed by atoms with Gasteiger partial charge in [0.1, 0.15) is 12.4 Å². The highest BCUT2D eigenvalue weighted by atomic mass is 32.2. The zero-order valence-corrected chi connectivity index (χ0v) is 16.3. The van der Waals surface area contributed by atoms with Gasteiger partial charge in [-0.15, -0.1) is 5.10 Å². The van der Waals surface area contributed by atoms with Crippen molar-refractivity contribution in [1.82, 2.24) is 0 Å². The Morgan fingerprint density at radius 1 is 0.931 bits per heavy atom. The Bertz CT molecular complexity index is 993. The van der Waals surface area contributed by atoms with Crippen molar-refractivity contribution in [3.63, 3.8) is 0 Å². The van der Waals surface area contributed by atoms with Crippen molar-refractivity contribution < 1.29 is 13.5 Å². The molecule has 7 heteroatoms. The predicted octanol–water partition coefficient (Wildman–Crippen LogP) is 5.13. The van der Waals surface area contributed by atoms with Gasteiger partial charge in [0.05, 0.1) is 6.21 Å². The van der Waals surface area contributed by atoms with E-state index in [2.05, 4.69) is 10.2 Å². The molecule has 0 bridgehead atoms. The fourth-order valence-electron chi connectivity index (χ4n) is 2.35. The summed E-state index contributed by atoms with van der Waals surface area (Å²) in [6, 6.07) is 20.9. The van der Waals surface area contributed by atoms with Crippen LogP contribution in [0, 0.1) is 11.6 Å². The van der Waals surface area contributed by atoms with Crippen LogP contribution in [-0.4, -0.2) is 11.4 Å². The van der Waals surface area contributed by atoms with Gasteiger partial charge < -0.3 is 10.5 Å². The Morgan fingerprint density at radius 3 is 2.41 bits per heavy atom. The second-order valence-corrected chi connectivity index (χ2v) is 7.06. The lowest BCUT2D eigenvalue weighted by molar-refractivity contribution is 0.303. The molecule has 2 N–H and O–H groups in total. The van der Waals surface area contributed by atoms with E-state index in [1.54, 1.807) is 6.21 Å². The lowest BCUT2D eigenvalue weighted by Crippen LogP contribution is -2.06. The summed E-state index contributed by atoms with van der Waals surface area (Å²) in [7, 11) is 0. The maximum Gasteiger partial charge on any atom is 0.180 e. The Balaban J connectivity index is 1.48. The number of ether oxygens (including phenoxy) is 1. The third-order valence-corrected chi connectivity index (χ3v) is 4.72. The number of hydrogen-bond donors (Lipinski definition) is 1. The molecule has 0 saturated heterocycles. The van der Waals surface area contributed by atoms with Crippen molar-refractivity contribution in [2.75, 3.05) is 0 Å². The van der Waals surface area contributed by atoms with Crippen LogP contribution >= 0.6 is 11.8 Å². The molecule has 0 aliphatic heterocycles. The molecule has 0 aliphatic carbocycles. The van der Waals surface area contributed by atoms with Gasteiger partial charge in [0, 0.05) is 11.8 Å². The lowest BCUT2D eigenvalue weighted by atomic mass is 10.1. The van der Waals surface area contributed by atoms with Crippen molar-refractivity contribution in [3.8, 4) is 5.75 Å². The quantitative estimate of drug-likeness (QED) is 0.333. The van der Waals surface area contributed by atoms with E-state index < -0.39 is 11.6 Å². The Morgan fingerprint density at radius 2 is 1.69 bits per heavy atom. The molecule has 3 rings (SSSR count). The van der Waals surface area contributed by atoms with Gasteiger partial charge in [-0.25, -0.2) is 8.78 Å². The molecule has 0 fully saturated rings. The van der Waals surface area contributed by atoms with E-state index in [0.29, 0.717) is 5.17 Å². The largest absolute Gasteiger partial charge is 0.489 e. The van der Waals surface area contributed by atoms with Crippen molar-refractivity contribution in [2.45, 2.75) is 12.4 Å². The average Bonchev–Trinajstić information content (AvgIpc) is 2.75. The second kappa shape index (κ2) is 10.4. The number of rotatable bonds is 7. The van der Waals surface area contributed by atoms with Gasteiger partial charge in [-0.1, -0.05) is 66.4 Å². The summed E-state index contributed by atoms with van der Waals surface area (Å²) in [5.41, 5.74) is 8.76. The van der Waals surface area contributed by atoms with Crippen LogP contribution in [0.1, 0.15) is 16.7 Å². The van der Waals surface area contributed by atoms with Gasteiger partial charge in [-0.2, -0.15) is 5.10 Å². The maximum absolute atomic E-state index is 13.2. The van der Waals surface area contributed by atoms with E-state index in [4.69, 9.17) is 10.5 Å². The van der Waals surface area contributed by atoms with E-state index in [1.165, 1.54) is 23.4 Å². The van der Waals surface area contributed by atoms with Gasteiger partial charge in [0.15, 0.2) is 16.8 Å². The summed E-state index contributed by atoms with van der Waals surface area (Å²) >= 11 is 1.42. The molecular formula is C22H19F2N3OS. The fraction of sp³-hybridized carbons (Fsp3) is 0.0909. The van der Waals surface area contributed by atoms with Gasteiger partial charge in [0.25, 0.3) is 0 Å². The van der Waals surface area contributed by atoms with Gasteiger partial charge in [-0.05, 0) is 28.8 Å². The van der Waals surface area contributed by atoms with Crippen LogP contribution in [0.3, 0.4) is 0 Å². The van der Waals surface area contributed by atoms with Crippen LogP contribution in [0.4, 0.5) is 8.78 Å². The van der Waals surface area contributed by atoms with E-state index in [9.17, 15) is 8.78 Å². The SMILES string of the molecule is NC(=NN=Cc1ccc(COc2ccc(F)c(F)c2)cc1)SCc1ccccc1. The van der Waals surface area contributed by atoms with Crippen molar-refractivity contribution >= 4 is 23.1 Å². The van der Waals surface area contributed by atoms with E-state index in [1.807, 2.05) is 54.6 Å². The first-order chi connectivity index (χ1) is 14.1. The highest BCUT2D eigenvalue weighted by Gasteiger charge is 2.03. The molecular weight excluding hydrogens is 392 g/mol. The monoisotopic (exact) mass is 411 g/mol. The summed E-state index contributed by atoms with van der Waals surface area (Å²) in [6.45, 7) is 0.240. The number of hydrogen-bond acceptors (Lipinski definition) is 4. The minimum atomic E-state index is -0.934. The molecule has 0 aliphatic rings. The summed E-state index contributed by atoms with van der Waals surface area (Å²) in [5.74, 6) is -0.829. The third-order valence-electron chi connectivity index (χ3n) is 3.87. The number of halogens is 2. The maximum atomic E-state index is 13.2. The normalized spacial score (nSPS) is 11.7. The highest BCUT2D eigenvalue weighted by molar-refractivity contribution is 8.13. The molecule has 3 aromatic carbocycles. The van der Waals surface area contributed by atoms with Gasteiger partial charge in [0.2, 0.25) is 0 Å². The minimum Gasteiger partial charge on any atom is -0.489 e. The smallest absolute Gasteiger partial charge is 0.180 e. The van der Waals surface area contributed by atoms with Crippen LogP contribution in [0.5, 0.6) is 5.75 Å². The number of thioether (sulfide) groups is 1. The molecule has 148 valence electrons. The molecule has 0 amide bonds. The van der Waals surface area contributed by atoms with Crippen LogP contribution in [0.25, 0.3) is 0 Å². The van der Waals surface area contributed by atoms with Crippen molar-refractivity contribution in [1.29, 1.82) is 0 Å². The summed E-state index contributed by atoms with van der Waals surface area (Å²) in [4.78, 5) is 0. The molecule has 3 aromatic rings. The molecule has 0 spiro atoms. The molecule has 0 heterocycles. The average molecular weight is 411 g/mol. The predicted molar refractivity (Wildman–Crippen MR) is 114 cm³/mol. The number of nitrogens with two attached hydrogens (primary N) is 1. The number of amidine groups is 1. The minimum absolute atomic E-state index is 0.240. The Kier molecular flexibility index (Phi) is 7.35. The summed E-state index contributed by atoms with van der Waals surface area (Å²) < 4.78 is 31.6. The molecule has 0 atom stereocenters. The van der Waals surface area contributed by atoms with E-state index in [0.717, 1.165) is 29.0 Å². The molecule has 0 unspecified atom stereocenters. The second-order valence-electron chi connectivity index (χ2n) is 6.06. The first kappa shape index (κ1) is 20.5. The number of benzene rings is 3. The van der Waals surface area contributed by atoms with Gasteiger partial charge in [-0.3, -0.25) is 0 Å². The molecule has 29 heavy (non-hydrogen) atoms. The molecule has 0 radical (unpaired) electrons.